The fourth-order valence-corrected chi connectivity index (χ4v) is 2.98. The highest BCUT2D eigenvalue weighted by molar-refractivity contribution is 5.91. The zero-order valence-corrected chi connectivity index (χ0v) is 13.2. The molecule has 0 radical (unpaired) electrons. The first-order valence-corrected chi connectivity index (χ1v) is 8.12. The summed E-state index contributed by atoms with van der Waals surface area (Å²) in [6.07, 6.45) is 3.48. The van der Waals surface area contributed by atoms with Gasteiger partial charge >= 0.3 is 0 Å². The number of benzene rings is 2. The van der Waals surface area contributed by atoms with Crippen molar-refractivity contribution < 1.29 is 9.21 Å². The summed E-state index contributed by atoms with van der Waals surface area (Å²) >= 11 is 0. The Morgan fingerprint density at radius 1 is 1.04 bits per heavy atom. The molecule has 1 saturated carbocycles. The molecule has 1 aliphatic carbocycles. The third-order valence-corrected chi connectivity index (χ3v) is 4.52. The first kappa shape index (κ1) is 14.7. The van der Waals surface area contributed by atoms with Crippen LogP contribution < -0.4 is 5.32 Å². The highest BCUT2D eigenvalue weighted by Gasteiger charge is 2.51. The van der Waals surface area contributed by atoms with E-state index in [2.05, 4.69) is 10.3 Å². The van der Waals surface area contributed by atoms with Gasteiger partial charge < -0.3 is 9.73 Å². The third-order valence-electron chi connectivity index (χ3n) is 4.52. The number of hydrogen-bond acceptors (Lipinski definition) is 3. The van der Waals surface area contributed by atoms with Gasteiger partial charge in [0, 0.05) is 5.56 Å². The van der Waals surface area contributed by atoms with Crippen molar-refractivity contribution >= 4 is 5.91 Å². The van der Waals surface area contributed by atoms with Crippen molar-refractivity contribution in [3.05, 3.63) is 78.3 Å². The van der Waals surface area contributed by atoms with Crippen LogP contribution in [0.2, 0.25) is 0 Å². The van der Waals surface area contributed by atoms with Crippen molar-refractivity contribution in [2.75, 3.05) is 0 Å². The summed E-state index contributed by atoms with van der Waals surface area (Å²) in [7, 11) is 0. The SMILES string of the molecule is O=C(NCc1ncc(-c2ccccc2)o1)C1(c2ccccc2)CC1. The van der Waals surface area contributed by atoms with Gasteiger partial charge in [-0.2, -0.15) is 0 Å². The molecular weight excluding hydrogens is 300 g/mol. The fourth-order valence-electron chi connectivity index (χ4n) is 2.98. The number of rotatable bonds is 5. The lowest BCUT2D eigenvalue weighted by molar-refractivity contribution is -0.123. The second-order valence-corrected chi connectivity index (χ2v) is 6.12. The number of nitrogens with zero attached hydrogens (tertiary/aromatic N) is 1. The molecule has 4 rings (SSSR count). The Hall–Kier alpha value is -2.88. The molecule has 1 N–H and O–H groups in total. The molecule has 1 aromatic heterocycles. The molecule has 0 aliphatic heterocycles. The van der Waals surface area contributed by atoms with Crippen molar-refractivity contribution in [3.8, 4) is 11.3 Å². The lowest BCUT2D eigenvalue weighted by Crippen LogP contribution is -2.34. The van der Waals surface area contributed by atoms with Crippen LogP contribution in [0.25, 0.3) is 11.3 Å². The molecule has 1 amide bonds. The monoisotopic (exact) mass is 318 g/mol. The Morgan fingerprint density at radius 2 is 1.71 bits per heavy atom. The van der Waals surface area contributed by atoms with Crippen molar-refractivity contribution in [1.82, 2.24) is 10.3 Å². The number of amides is 1. The molecule has 0 spiro atoms. The van der Waals surface area contributed by atoms with Gasteiger partial charge in [-0.25, -0.2) is 4.98 Å². The standard InChI is InChI=1S/C20H18N2O2/c23-19(20(11-12-20)16-9-5-2-6-10-16)22-14-18-21-13-17(24-18)15-7-3-1-4-8-15/h1-10,13H,11-12,14H2,(H,22,23). The summed E-state index contributed by atoms with van der Waals surface area (Å²) in [5, 5.41) is 2.97. The lowest BCUT2D eigenvalue weighted by atomic mass is 9.95. The van der Waals surface area contributed by atoms with Gasteiger partial charge in [0.15, 0.2) is 5.76 Å². The van der Waals surface area contributed by atoms with E-state index in [0.29, 0.717) is 18.2 Å². The first-order valence-electron chi connectivity index (χ1n) is 8.12. The van der Waals surface area contributed by atoms with Gasteiger partial charge in [0.1, 0.15) is 0 Å². The Bertz CT molecular complexity index is 836. The van der Waals surface area contributed by atoms with Gasteiger partial charge in [0.2, 0.25) is 11.8 Å². The number of carbonyl (C=O) groups excluding carboxylic acids is 1. The number of aromatic nitrogens is 1. The molecule has 120 valence electrons. The third kappa shape index (κ3) is 2.71. The van der Waals surface area contributed by atoms with Gasteiger partial charge in [0.25, 0.3) is 0 Å². The van der Waals surface area contributed by atoms with Crippen LogP contribution in [-0.4, -0.2) is 10.9 Å². The minimum atomic E-state index is -0.365. The Morgan fingerprint density at radius 3 is 2.38 bits per heavy atom. The molecule has 0 saturated heterocycles. The van der Waals surface area contributed by atoms with E-state index in [1.165, 1.54) is 0 Å². The minimum Gasteiger partial charge on any atom is -0.439 e. The van der Waals surface area contributed by atoms with Crippen LogP contribution in [0.1, 0.15) is 24.3 Å². The summed E-state index contributed by atoms with van der Waals surface area (Å²) in [5.74, 6) is 1.28. The summed E-state index contributed by atoms with van der Waals surface area (Å²) in [6, 6.07) is 19.8. The number of hydrogen-bond donors (Lipinski definition) is 1. The van der Waals surface area contributed by atoms with Crippen LogP contribution in [0.5, 0.6) is 0 Å². The number of oxazole rings is 1. The average molecular weight is 318 g/mol. The fraction of sp³-hybridized carbons (Fsp3) is 0.200. The maximum absolute atomic E-state index is 12.6. The predicted molar refractivity (Wildman–Crippen MR) is 91.1 cm³/mol. The van der Waals surface area contributed by atoms with Crippen LogP contribution in [0.4, 0.5) is 0 Å². The average Bonchev–Trinajstić information content (AvgIpc) is 3.33. The highest BCUT2D eigenvalue weighted by Crippen LogP contribution is 2.48. The van der Waals surface area contributed by atoms with E-state index in [4.69, 9.17) is 4.42 Å². The molecule has 1 aliphatic rings. The molecule has 4 heteroatoms. The van der Waals surface area contributed by atoms with E-state index in [1.54, 1.807) is 6.20 Å². The van der Waals surface area contributed by atoms with Gasteiger partial charge in [-0.05, 0) is 18.4 Å². The quantitative estimate of drug-likeness (QED) is 0.780. The molecule has 1 heterocycles. The van der Waals surface area contributed by atoms with E-state index in [9.17, 15) is 4.79 Å². The zero-order valence-electron chi connectivity index (χ0n) is 13.2. The van der Waals surface area contributed by atoms with Gasteiger partial charge in [-0.3, -0.25) is 4.79 Å². The molecule has 3 aromatic rings. The molecule has 1 fully saturated rings. The minimum absolute atomic E-state index is 0.0492. The van der Waals surface area contributed by atoms with E-state index < -0.39 is 0 Å². The second-order valence-electron chi connectivity index (χ2n) is 6.12. The Labute approximate surface area is 140 Å². The van der Waals surface area contributed by atoms with Crippen molar-refractivity contribution in [2.45, 2.75) is 24.8 Å². The van der Waals surface area contributed by atoms with E-state index >= 15 is 0 Å². The van der Waals surface area contributed by atoms with E-state index in [0.717, 1.165) is 24.0 Å². The van der Waals surface area contributed by atoms with Crippen LogP contribution in [0.3, 0.4) is 0 Å². The maximum atomic E-state index is 12.6. The lowest BCUT2D eigenvalue weighted by Gasteiger charge is -2.14. The molecule has 0 unspecified atom stereocenters. The van der Waals surface area contributed by atoms with Gasteiger partial charge in [0.05, 0.1) is 18.2 Å². The summed E-state index contributed by atoms with van der Waals surface area (Å²) in [6.45, 7) is 0.306. The topological polar surface area (TPSA) is 55.1 Å². The maximum Gasteiger partial charge on any atom is 0.231 e. The van der Waals surface area contributed by atoms with E-state index in [1.807, 2.05) is 60.7 Å². The van der Waals surface area contributed by atoms with Crippen LogP contribution in [0, 0.1) is 0 Å². The highest BCUT2D eigenvalue weighted by atomic mass is 16.4. The molecular formula is C20H18N2O2. The van der Waals surface area contributed by atoms with Crippen molar-refractivity contribution in [2.24, 2.45) is 0 Å². The van der Waals surface area contributed by atoms with Crippen LogP contribution in [0.15, 0.2) is 71.3 Å². The van der Waals surface area contributed by atoms with Crippen molar-refractivity contribution in [1.29, 1.82) is 0 Å². The summed E-state index contributed by atoms with van der Waals surface area (Å²) < 4.78 is 5.73. The summed E-state index contributed by atoms with van der Waals surface area (Å²) in [4.78, 5) is 16.9. The van der Waals surface area contributed by atoms with Crippen molar-refractivity contribution in [3.63, 3.8) is 0 Å². The Balaban J connectivity index is 1.43. The molecule has 4 nitrogen and oxygen atoms in total. The van der Waals surface area contributed by atoms with Crippen LogP contribution in [-0.2, 0) is 16.8 Å². The van der Waals surface area contributed by atoms with Gasteiger partial charge in [-0.15, -0.1) is 0 Å². The number of nitrogens with one attached hydrogen (secondary N) is 1. The van der Waals surface area contributed by atoms with Gasteiger partial charge in [-0.1, -0.05) is 60.7 Å². The predicted octanol–water partition coefficient (Wildman–Crippen LogP) is 3.69. The normalized spacial score (nSPS) is 15.0. The second kappa shape index (κ2) is 5.96. The summed E-state index contributed by atoms with van der Waals surface area (Å²) in [5.41, 5.74) is 1.70. The molecule has 24 heavy (non-hydrogen) atoms. The molecule has 0 atom stereocenters. The molecule has 0 bridgehead atoms. The largest absolute Gasteiger partial charge is 0.439 e. The zero-order chi connectivity index (χ0) is 16.4. The first-order chi connectivity index (χ1) is 11.8. The Kier molecular flexibility index (Phi) is 3.65. The number of carbonyl (C=O) groups is 1. The molecule has 2 aromatic carbocycles. The van der Waals surface area contributed by atoms with E-state index in [-0.39, 0.29) is 11.3 Å². The van der Waals surface area contributed by atoms with Crippen LogP contribution >= 0.6 is 0 Å². The smallest absolute Gasteiger partial charge is 0.231 e.